The van der Waals surface area contributed by atoms with E-state index in [1.165, 1.54) is 32.1 Å². The summed E-state index contributed by atoms with van der Waals surface area (Å²) < 4.78 is 21.4. The highest BCUT2D eigenvalue weighted by atomic mass is 16.5. The normalized spacial score (nSPS) is 18.5. The van der Waals surface area contributed by atoms with Crippen molar-refractivity contribution in [2.75, 3.05) is 53.3 Å². The van der Waals surface area contributed by atoms with Gasteiger partial charge in [0.15, 0.2) is 0 Å². The molecule has 0 saturated heterocycles. The van der Waals surface area contributed by atoms with Gasteiger partial charge < -0.3 is 29.4 Å². The van der Waals surface area contributed by atoms with E-state index in [1.54, 1.807) is 7.11 Å². The van der Waals surface area contributed by atoms with Gasteiger partial charge in [-0.15, -0.1) is 0 Å². The van der Waals surface area contributed by atoms with Gasteiger partial charge in [-0.25, -0.2) is 0 Å². The van der Waals surface area contributed by atoms with E-state index in [2.05, 4.69) is 11.4 Å². The minimum absolute atomic E-state index is 0.00563. The summed E-state index contributed by atoms with van der Waals surface area (Å²) in [7, 11) is 1.62. The molecule has 0 heterocycles. The molecule has 1 atom stereocenters. The first-order chi connectivity index (χ1) is 14.7. The first-order valence-electron chi connectivity index (χ1n) is 11.3. The molecular formula is C23H39NO6. The molecular weight excluding hydrogens is 386 g/mol. The number of rotatable bonds is 15. The SMILES string of the molecule is COCCOCCOCC(=O)NCCC(O)C1=CC(OCC2CCCCC2)=CCC1. The van der Waals surface area contributed by atoms with Crippen molar-refractivity contribution in [1.82, 2.24) is 5.32 Å². The van der Waals surface area contributed by atoms with Crippen LogP contribution in [0.4, 0.5) is 0 Å². The smallest absolute Gasteiger partial charge is 0.246 e. The Labute approximate surface area is 180 Å². The number of ether oxygens (including phenoxy) is 4. The van der Waals surface area contributed by atoms with Crippen LogP contribution < -0.4 is 5.32 Å². The fourth-order valence-corrected chi connectivity index (χ4v) is 3.74. The van der Waals surface area contributed by atoms with Gasteiger partial charge in [-0.05, 0) is 55.7 Å². The molecule has 172 valence electrons. The zero-order valence-corrected chi connectivity index (χ0v) is 18.4. The summed E-state index contributed by atoms with van der Waals surface area (Å²) in [5, 5.41) is 13.3. The molecule has 1 amide bonds. The summed E-state index contributed by atoms with van der Waals surface area (Å²) >= 11 is 0. The second-order valence-corrected chi connectivity index (χ2v) is 7.99. The van der Waals surface area contributed by atoms with Crippen LogP contribution >= 0.6 is 0 Å². The van der Waals surface area contributed by atoms with Gasteiger partial charge in [0.1, 0.15) is 12.4 Å². The molecule has 2 aliphatic carbocycles. The topological polar surface area (TPSA) is 86.3 Å². The van der Waals surface area contributed by atoms with Crippen LogP contribution in [-0.2, 0) is 23.7 Å². The molecule has 2 rings (SSSR count). The largest absolute Gasteiger partial charge is 0.494 e. The quantitative estimate of drug-likeness (QED) is 0.393. The standard InChI is InChI=1S/C23H39NO6/c1-27-12-13-28-14-15-29-18-23(26)24-11-10-22(25)20-8-5-9-21(16-20)30-17-19-6-3-2-4-7-19/h9,16,19,22,25H,2-8,10-15,17-18H2,1H3,(H,24,26). The third kappa shape index (κ3) is 10.6. The maximum atomic E-state index is 11.8. The monoisotopic (exact) mass is 425 g/mol. The van der Waals surface area contributed by atoms with Gasteiger partial charge in [-0.2, -0.15) is 0 Å². The van der Waals surface area contributed by atoms with Crippen molar-refractivity contribution >= 4 is 5.91 Å². The van der Waals surface area contributed by atoms with Gasteiger partial charge in [0.2, 0.25) is 5.91 Å². The fraction of sp³-hybridized carbons (Fsp3) is 0.783. The Balaban J connectivity index is 1.56. The van der Waals surface area contributed by atoms with E-state index in [-0.39, 0.29) is 12.5 Å². The minimum Gasteiger partial charge on any atom is -0.494 e. The molecule has 1 unspecified atom stereocenters. The van der Waals surface area contributed by atoms with Crippen LogP contribution in [0.2, 0.25) is 0 Å². The maximum Gasteiger partial charge on any atom is 0.246 e. The summed E-state index contributed by atoms with van der Waals surface area (Å²) in [5.74, 6) is 1.36. The molecule has 2 N–H and O–H groups in total. The Morgan fingerprint density at radius 1 is 1.17 bits per heavy atom. The van der Waals surface area contributed by atoms with Gasteiger partial charge >= 0.3 is 0 Å². The van der Waals surface area contributed by atoms with Gasteiger partial charge in [-0.1, -0.05) is 19.3 Å². The minimum atomic E-state index is -0.567. The van der Waals surface area contributed by atoms with Crippen LogP contribution in [0.5, 0.6) is 0 Å². The lowest BCUT2D eigenvalue weighted by Crippen LogP contribution is -2.31. The highest BCUT2D eigenvalue weighted by molar-refractivity contribution is 5.77. The predicted octanol–water partition coefficient (Wildman–Crippen LogP) is 2.73. The molecule has 1 saturated carbocycles. The zero-order valence-electron chi connectivity index (χ0n) is 18.4. The van der Waals surface area contributed by atoms with E-state index in [9.17, 15) is 9.90 Å². The summed E-state index contributed by atoms with van der Waals surface area (Å²) in [5.41, 5.74) is 0.981. The summed E-state index contributed by atoms with van der Waals surface area (Å²) in [6.45, 7) is 3.04. The molecule has 30 heavy (non-hydrogen) atoms. The Kier molecular flexibility index (Phi) is 12.8. The Morgan fingerprint density at radius 3 is 2.73 bits per heavy atom. The van der Waals surface area contributed by atoms with E-state index in [4.69, 9.17) is 18.9 Å². The van der Waals surface area contributed by atoms with Crippen LogP contribution in [0.25, 0.3) is 0 Å². The van der Waals surface area contributed by atoms with Crippen molar-refractivity contribution in [3.05, 3.63) is 23.5 Å². The van der Waals surface area contributed by atoms with Crippen molar-refractivity contribution in [3.8, 4) is 0 Å². The number of nitrogens with one attached hydrogen (secondary N) is 1. The molecule has 0 radical (unpaired) electrons. The van der Waals surface area contributed by atoms with Crippen molar-refractivity contribution in [3.63, 3.8) is 0 Å². The average Bonchev–Trinajstić information content (AvgIpc) is 2.78. The number of carbonyl (C=O) groups is 1. The van der Waals surface area contributed by atoms with Crippen molar-refractivity contribution in [2.24, 2.45) is 5.92 Å². The molecule has 0 aromatic carbocycles. The summed E-state index contributed by atoms with van der Waals surface area (Å²) in [6, 6.07) is 0. The van der Waals surface area contributed by atoms with Crippen molar-refractivity contribution < 1.29 is 28.8 Å². The number of hydrogen-bond acceptors (Lipinski definition) is 6. The van der Waals surface area contributed by atoms with Gasteiger partial charge in [0, 0.05) is 13.7 Å². The molecule has 2 aliphatic rings. The van der Waals surface area contributed by atoms with Crippen LogP contribution in [0.15, 0.2) is 23.5 Å². The number of allylic oxidation sites excluding steroid dienone is 2. The molecule has 0 bridgehead atoms. The van der Waals surface area contributed by atoms with E-state index in [0.29, 0.717) is 45.3 Å². The van der Waals surface area contributed by atoms with E-state index in [0.717, 1.165) is 30.8 Å². The van der Waals surface area contributed by atoms with E-state index < -0.39 is 6.10 Å². The molecule has 7 nitrogen and oxygen atoms in total. The van der Waals surface area contributed by atoms with Gasteiger partial charge in [-0.3, -0.25) is 4.79 Å². The number of amides is 1. The van der Waals surface area contributed by atoms with Crippen LogP contribution in [0.1, 0.15) is 51.4 Å². The molecule has 0 aromatic rings. The Hall–Kier alpha value is -1.41. The fourth-order valence-electron chi connectivity index (χ4n) is 3.74. The lowest BCUT2D eigenvalue weighted by atomic mass is 9.90. The second-order valence-electron chi connectivity index (χ2n) is 7.99. The highest BCUT2D eigenvalue weighted by Crippen LogP contribution is 2.27. The molecule has 0 aromatic heterocycles. The lowest BCUT2D eigenvalue weighted by Gasteiger charge is -2.24. The first kappa shape index (κ1) is 24.9. The maximum absolute atomic E-state index is 11.8. The Morgan fingerprint density at radius 2 is 1.93 bits per heavy atom. The molecule has 1 fully saturated rings. The van der Waals surface area contributed by atoms with Gasteiger partial charge in [0.05, 0.1) is 39.1 Å². The summed E-state index contributed by atoms with van der Waals surface area (Å²) in [4.78, 5) is 11.8. The zero-order chi connectivity index (χ0) is 21.4. The number of aliphatic hydroxyl groups excluding tert-OH is 1. The van der Waals surface area contributed by atoms with Crippen LogP contribution in [0.3, 0.4) is 0 Å². The predicted molar refractivity (Wildman–Crippen MR) is 115 cm³/mol. The average molecular weight is 426 g/mol. The second kappa shape index (κ2) is 15.4. The first-order valence-corrected chi connectivity index (χ1v) is 11.3. The van der Waals surface area contributed by atoms with Crippen LogP contribution in [-0.4, -0.2) is 70.4 Å². The number of hydrogen-bond donors (Lipinski definition) is 2. The third-order valence-electron chi connectivity index (χ3n) is 5.52. The van der Waals surface area contributed by atoms with Crippen molar-refractivity contribution in [2.45, 2.75) is 57.5 Å². The third-order valence-corrected chi connectivity index (χ3v) is 5.52. The van der Waals surface area contributed by atoms with E-state index in [1.807, 2.05) is 6.08 Å². The highest BCUT2D eigenvalue weighted by Gasteiger charge is 2.17. The molecule has 7 heteroatoms. The van der Waals surface area contributed by atoms with Gasteiger partial charge in [0.25, 0.3) is 0 Å². The molecule has 0 aliphatic heterocycles. The number of methoxy groups -OCH3 is 1. The summed E-state index contributed by atoms with van der Waals surface area (Å²) in [6.07, 6.45) is 12.2. The number of carbonyl (C=O) groups excluding carboxylic acids is 1. The van der Waals surface area contributed by atoms with Crippen molar-refractivity contribution in [1.29, 1.82) is 0 Å². The lowest BCUT2D eigenvalue weighted by molar-refractivity contribution is -0.126. The number of aliphatic hydroxyl groups is 1. The van der Waals surface area contributed by atoms with E-state index >= 15 is 0 Å². The Bertz CT molecular complexity index is 542. The molecule has 0 spiro atoms. The van der Waals surface area contributed by atoms with Crippen LogP contribution in [0, 0.1) is 5.92 Å².